The highest BCUT2D eigenvalue weighted by atomic mass is 32.2. The summed E-state index contributed by atoms with van der Waals surface area (Å²) in [4.78, 5) is 39.3. The van der Waals surface area contributed by atoms with Crippen LogP contribution in [0.3, 0.4) is 0 Å². The summed E-state index contributed by atoms with van der Waals surface area (Å²) in [5, 5.41) is 11.8. The molecule has 9 heteroatoms. The fraction of sp³-hybridized carbons (Fsp3) is 0.182. The van der Waals surface area contributed by atoms with Crippen LogP contribution in [0.4, 0.5) is 5.69 Å². The van der Waals surface area contributed by atoms with Gasteiger partial charge in [0, 0.05) is 0 Å². The van der Waals surface area contributed by atoms with Gasteiger partial charge in [0.05, 0.1) is 35.8 Å². The first-order valence-corrected chi connectivity index (χ1v) is 10.3. The Hall–Kier alpha value is -3.59. The number of nitrogens with one attached hydrogen (secondary N) is 1. The zero-order valence-electron chi connectivity index (χ0n) is 16.7. The van der Waals surface area contributed by atoms with E-state index in [9.17, 15) is 14.4 Å². The van der Waals surface area contributed by atoms with Gasteiger partial charge < -0.3 is 19.9 Å². The number of esters is 1. The Morgan fingerprint density at radius 1 is 1.13 bits per heavy atom. The number of carboxylic acids is 1. The van der Waals surface area contributed by atoms with Gasteiger partial charge in [-0.3, -0.25) is 9.59 Å². The summed E-state index contributed by atoms with van der Waals surface area (Å²) in [5.41, 5.74) is 1.83. The van der Waals surface area contributed by atoms with E-state index in [4.69, 9.17) is 14.6 Å². The summed E-state index contributed by atoms with van der Waals surface area (Å²) in [6, 6.07) is 13.6. The lowest BCUT2D eigenvalue weighted by Gasteiger charge is -2.04. The fourth-order valence-electron chi connectivity index (χ4n) is 2.55. The minimum atomic E-state index is -0.918. The van der Waals surface area contributed by atoms with Gasteiger partial charge in [-0.25, -0.2) is 9.79 Å². The highest BCUT2D eigenvalue weighted by molar-refractivity contribution is 8.18. The molecule has 31 heavy (non-hydrogen) atoms. The van der Waals surface area contributed by atoms with Gasteiger partial charge in [0.2, 0.25) is 0 Å². The van der Waals surface area contributed by atoms with Crippen LogP contribution in [0.1, 0.15) is 29.3 Å². The second kappa shape index (κ2) is 10.4. The number of aliphatic imine (C=N–C) groups is 1. The number of carbonyl (C=O) groups is 3. The molecule has 2 aromatic rings. The molecule has 0 aromatic heterocycles. The Morgan fingerprint density at radius 3 is 2.48 bits per heavy atom. The molecule has 2 N–H and O–H groups in total. The van der Waals surface area contributed by atoms with Crippen LogP contribution in [0.15, 0.2) is 58.4 Å². The molecule has 0 spiro atoms. The molecule has 3 rings (SSSR count). The number of carboxylic acid groups (broad SMARTS) is 1. The van der Waals surface area contributed by atoms with Gasteiger partial charge in [-0.05, 0) is 66.7 Å². The normalized spacial score (nSPS) is 15.7. The summed E-state index contributed by atoms with van der Waals surface area (Å²) in [6.45, 7) is 2.14. The van der Waals surface area contributed by atoms with Crippen molar-refractivity contribution in [1.29, 1.82) is 0 Å². The molecule has 1 amide bonds. The molecule has 0 radical (unpaired) electrons. The van der Waals surface area contributed by atoms with Gasteiger partial charge in [-0.15, -0.1) is 0 Å². The molecule has 1 aliphatic heterocycles. The van der Waals surface area contributed by atoms with Crippen molar-refractivity contribution in [1.82, 2.24) is 5.32 Å². The van der Waals surface area contributed by atoms with Gasteiger partial charge in [0.15, 0.2) is 5.17 Å². The molecule has 0 unspecified atom stereocenters. The van der Waals surface area contributed by atoms with Gasteiger partial charge in [0.1, 0.15) is 5.75 Å². The average molecular weight is 440 g/mol. The van der Waals surface area contributed by atoms with Crippen LogP contribution >= 0.6 is 11.8 Å². The second-order valence-electron chi connectivity index (χ2n) is 6.31. The number of amides is 1. The van der Waals surface area contributed by atoms with Crippen LogP contribution in [0.25, 0.3) is 6.08 Å². The predicted octanol–water partition coefficient (Wildman–Crippen LogP) is 3.61. The molecule has 0 saturated carbocycles. The predicted molar refractivity (Wildman–Crippen MR) is 117 cm³/mol. The lowest BCUT2D eigenvalue weighted by Crippen LogP contribution is -2.19. The first kappa shape index (κ1) is 22.1. The molecule has 0 atom stereocenters. The Bertz CT molecular complexity index is 1030. The quantitative estimate of drug-likeness (QED) is 0.476. The molecule has 0 aliphatic carbocycles. The largest absolute Gasteiger partial charge is 0.493 e. The maximum atomic E-state index is 12.2. The summed E-state index contributed by atoms with van der Waals surface area (Å²) in [5.74, 6) is -1.01. The number of rotatable bonds is 8. The van der Waals surface area contributed by atoms with E-state index in [1.54, 1.807) is 61.5 Å². The van der Waals surface area contributed by atoms with E-state index in [0.29, 0.717) is 33.7 Å². The van der Waals surface area contributed by atoms with E-state index in [-0.39, 0.29) is 18.9 Å². The summed E-state index contributed by atoms with van der Waals surface area (Å²) in [7, 11) is 0. The third-order valence-corrected chi connectivity index (χ3v) is 4.93. The smallest absolute Gasteiger partial charge is 0.338 e. The van der Waals surface area contributed by atoms with Gasteiger partial charge in [0.25, 0.3) is 5.91 Å². The maximum Gasteiger partial charge on any atom is 0.338 e. The number of thioether (sulfide) groups is 1. The summed E-state index contributed by atoms with van der Waals surface area (Å²) < 4.78 is 10.3. The average Bonchev–Trinajstić information content (AvgIpc) is 3.08. The first-order valence-electron chi connectivity index (χ1n) is 9.46. The van der Waals surface area contributed by atoms with Crippen molar-refractivity contribution in [2.75, 3.05) is 13.2 Å². The van der Waals surface area contributed by atoms with Crippen LogP contribution < -0.4 is 10.1 Å². The van der Waals surface area contributed by atoms with E-state index in [1.165, 1.54) is 11.8 Å². The second-order valence-corrected chi connectivity index (χ2v) is 7.34. The summed E-state index contributed by atoms with van der Waals surface area (Å²) in [6.07, 6.45) is 1.66. The molecule has 1 heterocycles. The number of carbonyl (C=O) groups excluding carboxylic acids is 2. The van der Waals surface area contributed by atoms with E-state index >= 15 is 0 Å². The van der Waals surface area contributed by atoms with Crippen molar-refractivity contribution in [3.05, 3.63) is 64.6 Å². The van der Waals surface area contributed by atoms with Crippen molar-refractivity contribution >= 4 is 46.5 Å². The monoisotopic (exact) mass is 440 g/mol. The number of nitrogens with zero attached hydrogens (tertiary/aromatic N) is 1. The lowest BCUT2D eigenvalue weighted by atomic mass is 10.2. The van der Waals surface area contributed by atoms with E-state index in [0.717, 1.165) is 5.56 Å². The van der Waals surface area contributed by atoms with Crippen molar-refractivity contribution in [2.45, 2.75) is 13.3 Å². The van der Waals surface area contributed by atoms with Crippen molar-refractivity contribution < 1.29 is 29.0 Å². The van der Waals surface area contributed by atoms with E-state index < -0.39 is 11.9 Å². The highest BCUT2D eigenvalue weighted by Gasteiger charge is 2.23. The van der Waals surface area contributed by atoms with Crippen LogP contribution in [-0.4, -0.2) is 41.3 Å². The molecule has 160 valence electrons. The topological polar surface area (TPSA) is 114 Å². The van der Waals surface area contributed by atoms with Crippen molar-refractivity contribution in [2.24, 2.45) is 4.99 Å². The molecule has 1 saturated heterocycles. The number of ether oxygens (including phenoxy) is 2. The number of hydrogen-bond acceptors (Lipinski definition) is 7. The molecular weight excluding hydrogens is 420 g/mol. The Morgan fingerprint density at radius 2 is 1.84 bits per heavy atom. The van der Waals surface area contributed by atoms with Gasteiger partial charge in [-0.1, -0.05) is 12.1 Å². The molecule has 0 bridgehead atoms. The van der Waals surface area contributed by atoms with Crippen LogP contribution in [0.5, 0.6) is 5.75 Å². The SMILES string of the molecule is CCOC(=O)c1ccc(N=C2NC(=O)/C(=C\c3ccc(OCCC(=O)O)cc3)S2)cc1. The highest BCUT2D eigenvalue weighted by Crippen LogP contribution is 2.28. The first-order chi connectivity index (χ1) is 14.9. The number of aliphatic carboxylic acids is 1. The minimum Gasteiger partial charge on any atom is -0.493 e. The van der Waals surface area contributed by atoms with Gasteiger partial charge in [-0.2, -0.15) is 0 Å². The van der Waals surface area contributed by atoms with Crippen LogP contribution in [0.2, 0.25) is 0 Å². The minimum absolute atomic E-state index is 0.0731. The van der Waals surface area contributed by atoms with Crippen LogP contribution in [0, 0.1) is 0 Å². The molecule has 1 fully saturated rings. The maximum absolute atomic E-state index is 12.2. The fourth-order valence-corrected chi connectivity index (χ4v) is 3.39. The van der Waals surface area contributed by atoms with Crippen molar-refractivity contribution in [3.63, 3.8) is 0 Å². The van der Waals surface area contributed by atoms with Crippen LogP contribution in [-0.2, 0) is 14.3 Å². The Kier molecular flexibility index (Phi) is 7.45. The number of hydrogen-bond donors (Lipinski definition) is 2. The molecule has 2 aromatic carbocycles. The van der Waals surface area contributed by atoms with Crippen molar-refractivity contribution in [3.8, 4) is 5.75 Å². The molecule has 8 nitrogen and oxygen atoms in total. The molecular formula is C22H20N2O6S. The lowest BCUT2D eigenvalue weighted by molar-refractivity contribution is -0.137. The Balaban J connectivity index is 1.63. The summed E-state index contributed by atoms with van der Waals surface area (Å²) >= 11 is 1.21. The standard InChI is InChI=1S/C22H20N2O6S/c1-2-29-21(28)15-5-7-16(8-6-15)23-22-24-20(27)18(31-22)13-14-3-9-17(10-4-14)30-12-11-19(25)26/h3-10,13H,2,11-12H2,1H3,(H,25,26)(H,23,24,27)/b18-13+. The van der Waals surface area contributed by atoms with E-state index in [1.807, 2.05) is 0 Å². The number of amidine groups is 1. The molecule has 1 aliphatic rings. The van der Waals surface area contributed by atoms with E-state index in [2.05, 4.69) is 10.3 Å². The Labute approximate surface area is 183 Å². The zero-order chi connectivity index (χ0) is 22.2. The number of benzene rings is 2. The third kappa shape index (κ3) is 6.45. The van der Waals surface area contributed by atoms with Gasteiger partial charge >= 0.3 is 11.9 Å². The third-order valence-electron chi connectivity index (χ3n) is 4.02. The zero-order valence-corrected chi connectivity index (χ0v) is 17.5.